The number of nitrogens with one attached hydrogen (secondary N) is 1. The Morgan fingerprint density at radius 2 is 1.94 bits per heavy atom. The third-order valence-corrected chi connectivity index (χ3v) is 7.95. The average Bonchev–Trinajstić information content (AvgIpc) is 3.27. The number of amides is 1. The summed E-state index contributed by atoms with van der Waals surface area (Å²) in [6, 6.07) is 16.8. The van der Waals surface area contributed by atoms with Crippen molar-refractivity contribution in [3.05, 3.63) is 81.0 Å². The molecule has 1 N–H and O–H groups in total. The zero-order valence-corrected chi connectivity index (χ0v) is 20.8. The van der Waals surface area contributed by atoms with E-state index >= 15 is 0 Å². The van der Waals surface area contributed by atoms with Gasteiger partial charge in [-0.15, -0.1) is 11.3 Å². The van der Waals surface area contributed by atoms with E-state index in [1.54, 1.807) is 29.2 Å². The quantitative estimate of drug-likeness (QED) is 0.172. The molecule has 0 bridgehead atoms. The summed E-state index contributed by atoms with van der Waals surface area (Å²) >= 11 is 2.84. The van der Waals surface area contributed by atoms with Gasteiger partial charge in [-0.2, -0.15) is 5.10 Å². The predicted octanol–water partition coefficient (Wildman–Crippen LogP) is 4.58. The fourth-order valence-corrected chi connectivity index (χ4v) is 6.23. The van der Waals surface area contributed by atoms with Crippen LogP contribution in [0.25, 0.3) is 15.9 Å². The van der Waals surface area contributed by atoms with E-state index in [4.69, 9.17) is 9.72 Å². The number of fused-ring (bicyclic) bond motifs is 3. The monoisotopic (exact) mass is 504 g/mol. The molecule has 0 fully saturated rings. The Balaban J connectivity index is 1.38. The van der Waals surface area contributed by atoms with Crippen LogP contribution in [0.3, 0.4) is 0 Å². The fourth-order valence-electron chi connectivity index (χ4n) is 4.12. The molecule has 2 aromatic carbocycles. The summed E-state index contributed by atoms with van der Waals surface area (Å²) in [4.78, 5) is 33.0. The molecule has 9 heteroatoms. The van der Waals surface area contributed by atoms with Crippen molar-refractivity contribution in [2.24, 2.45) is 5.10 Å². The van der Waals surface area contributed by atoms with Gasteiger partial charge in [0.25, 0.3) is 11.5 Å². The lowest BCUT2D eigenvalue weighted by molar-refractivity contribution is -0.118. The van der Waals surface area contributed by atoms with Gasteiger partial charge in [-0.1, -0.05) is 30.0 Å². The third-order valence-electron chi connectivity index (χ3n) is 5.82. The number of hydrazone groups is 1. The van der Waals surface area contributed by atoms with Crippen LogP contribution in [0.4, 0.5) is 0 Å². The van der Waals surface area contributed by atoms with Crippen molar-refractivity contribution in [1.82, 2.24) is 15.0 Å². The summed E-state index contributed by atoms with van der Waals surface area (Å²) in [5.74, 6) is 0.554. The second-order valence-electron chi connectivity index (χ2n) is 8.12. The molecule has 0 radical (unpaired) electrons. The molecule has 0 spiro atoms. The Labute approximate surface area is 210 Å². The second kappa shape index (κ2) is 10.5. The number of methoxy groups -OCH3 is 1. The number of carbonyl (C=O) groups is 1. The number of thioether (sulfide) groups is 1. The number of nitrogens with zero attached hydrogens (tertiary/aromatic N) is 3. The molecule has 0 atom stereocenters. The molecular weight excluding hydrogens is 480 g/mol. The lowest BCUT2D eigenvalue weighted by atomic mass is 9.97. The number of thiophene rings is 1. The van der Waals surface area contributed by atoms with E-state index < -0.39 is 0 Å². The Morgan fingerprint density at radius 1 is 1.17 bits per heavy atom. The SMILES string of the molecule is COc1ccc(C=NNC(=O)CSc2nc3sc4c(c3c(=O)n2-c2ccccc2)CCCC4)cc1. The molecule has 1 aliphatic rings. The first-order chi connectivity index (χ1) is 17.1. The van der Waals surface area contributed by atoms with Crippen molar-refractivity contribution in [3.63, 3.8) is 0 Å². The van der Waals surface area contributed by atoms with Gasteiger partial charge in [-0.05, 0) is 73.2 Å². The van der Waals surface area contributed by atoms with Crippen molar-refractivity contribution in [2.75, 3.05) is 12.9 Å². The molecule has 0 saturated heterocycles. The van der Waals surface area contributed by atoms with E-state index in [-0.39, 0.29) is 17.2 Å². The zero-order chi connectivity index (χ0) is 24.2. The number of ether oxygens (including phenoxy) is 1. The van der Waals surface area contributed by atoms with E-state index in [1.807, 2.05) is 54.6 Å². The maximum absolute atomic E-state index is 13.7. The molecule has 4 aromatic rings. The van der Waals surface area contributed by atoms with Gasteiger partial charge in [0.1, 0.15) is 10.6 Å². The van der Waals surface area contributed by atoms with Crippen molar-refractivity contribution in [3.8, 4) is 11.4 Å². The first-order valence-corrected chi connectivity index (χ1v) is 13.2. The number of hydrogen-bond acceptors (Lipinski definition) is 7. The minimum Gasteiger partial charge on any atom is -0.497 e. The fraction of sp³-hybridized carbons (Fsp3) is 0.231. The van der Waals surface area contributed by atoms with Crippen molar-refractivity contribution in [1.29, 1.82) is 0 Å². The molecule has 2 heterocycles. The molecule has 5 rings (SSSR count). The number of para-hydroxylation sites is 1. The minimum absolute atomic E-state index is 0.0685. The van der Waals surface area contributed by atoms with Gasteiger partial charge in [-0.3, -0.25) is 14.2 Å². The highest BCUT2D eigenvalue weighted by Gasteiger charge is 2.23. The topological polar surface area (TPSA) is 85.6 Å². The lowest BCUT2D eigenvalue weighted by Gasteiger charge is -2.13. The normalized spacial score (nSPS) is 13.2. The molecule has 0 saturated carbocycles. The standard InChI is InChI=1S/C26H24N4O3S2/c1-33-19-13-11-17(12-14-19)15-27-29-22(31)16-34-26-28-24-23(20-9-5-6-10-21(20)35-24)25(32)30(26)18-7-3-2-4-8-18/h2-4,7-8,11-15H,5-6,9-10,16H2,1H3,(H,29,31). The van der Waals surface area contributed by atoms with Gasteiger partial charge < -0.3 is 4.74 Å². The van der Waals surface area contributed by atoms with Crippen LogP contribution < -0.4 is 15.7 Å². The van der Waals surface area contributed by atoms with Gasteiger partial charge in [0.15, 0.2) is 5.16 Å². The largest absolute Gasteiger partial charge is 0.497 e. The highest BCUT2D eigenvalue weighted by atomic mass is 32.2. The van der Waals surface area contributed by atoms with Crippen LogP contribution in [0.5, 0.6) is 5.75 Å². The van der Waals surface area contributed by atoms with Crippen molar-refractivity contribution >= 4 is 45.4 Å². The second-order valence-corrected chi connectivity index (χ2v) is 10.1. The molecule has 2 aromatic heterocycles. The zero-order valence-electron chi connectivity index (χ0n) is 19.2. The highest BCUT2D eigenvalue weighted by Crippen LogP contribution is 2.35. The van der Waals surface area contributed by atoms with Crippen LogP contribution in [0.2, 0.25) is 0 Å². The summed E-state index contributed by atoms with van der Waals surface area (Å²) in [7, 11) is 1.61. The van der Waals surface area contributed by atoms with Crippen LogP contribution in [-0.2, 0) is 17.6 Å². The van der Waals surface area contributed by atoms with Gasteiger partial charge in [0, 0.05) is 4.88 Å². The number of benzene rings is 2. The van der Waals surface area contributed by atoms with Crippen LogP contribution >= 0.6 is 23.1 Å². The van der Waals surface area contributed by atoms with Crippen LogP contribution in [0, 0.1) is 0 Å². The maximum Gasteiger partial charge on any atom is 0.267 e. The van der Waals surface area contributed by atoms with E-state index in [0.717, 1.165) is 58.5 Å². The molecule has 35 heavy (non-hydrogen) atoms. The number of aryl methyl sites for hydroxylation is 2. The number of carbonyl (C=O) groups excluding carboxylic acids is 1. The Kier molecular flexibility index (Phi) is 6.96. The molecule has 1 aliphatic carbocycles. The van der Waals surface area contributed by atoms with Crippen LogP contribution in [0.15, 0.2) is 69.6 Å². The Morgan fingerprint density at radius 3 is 2.71 bits per heavy atom. The van der Waals surface area contributed by atoms with E-state index in [0.29, 0.717) is 5.16 Å². The number of rotatable bonds is 7. The molecular formula is C26H24N4O3S2. The number of hydrogen-bond donors (Lipinski definition) is 1. The van der Waals surface area contributed by atoms with E-state index in [9.17, 15) is 9.59 Å². The average molecular weight is 505 g/mol. The summed E-state index contributed by atoms with van der Waals surface area (Å²) in [5.41, 5.74) is 5.21. The molecule has 0 aliphatic heterocycles. The van der Waals surface area contributed by atoms with Gasteiger partial charge in [-0.25, -0.2) is 10.4 Å². The molecule has 178 valence electrons. The van der Waals surface area contributed by atoms with Crippen molar-refractivity contribution < 1.29 is 9.53 Å². The minimum atomic E-state index is -0.279. The predicted molar refractivity (Wildman–Crippen MR) is 141 cm³/mol. The van der Waals surface area contributed by atoms with Crippen LogP contribution in [0.1, 0.15) is 28.8 Å². The third kappa shape index (κ3) is 5.01. The number of aromatic nitrogens is 2. The van der Waals surface area contributed by atoms with Crippen molar-refractivity contribution in [2.45, 2.75) is 30.8 Å². The van der Waals surface area contributed by atoms with E-state index in [2.05, 4.69) is 10.5 Å². The van der Waals surface area contributed by atoms with Gasteiger partial charge in [0.05, 0.1) is 30.2 Å². The maximum atomic E-state index is 13.7. The Hall–Kier alpha value is -3.43. The molecule has 7 nitrogen and oxygen atoms in total. The lowest BCUT2D eigenvalue weighted by Crippen LogP contribution is -2.24. The van der Waals surface area contributed by atoms with Gasteiger partial charge in [0.2, 0.25) is 0 Å². The van der Waals surface area contributed by atoms with Crippen LogP contribution in [-0.4, -0.2) is 34.5 Å². The smallest absolute Gasteiger partial charge is 0.267 e. The summed E-state index contributed by atoms with van der Waals surface area (Å²) < 4.78 is 6.77. The first kappa shape index (κ1) is 23.3. The van der Waals surface area contributed by atoms with Gasteiger partial charge >= 0.3 is 0 Å². The first-order valence-electron chi connectivity index (χ1n) is 11.4. The molecule has 0 unspecified atom stereocenters. The summed E-state index contributed by atoms with van der Waals surface area (Å²) in [5, 5.41) is 5.27. The summed E-state index contributed by atoms with van der Waals surface area (Å²) in [6.45, 7) is 0. The molecule has 1 amide bonds. The van der Waals surface area contributed by atoms with E-state index in [1.165, 1.54) is 16.6 Å². The summed E-state index contributed by atoms with van der Waals surface area (Å²) in [6.07, 6.45) is 5.73. The highest BCUT2D eigenvalue weighted by molar-refractivity contribution is 7.99. The Bertz CT molecular complexity index is 1440.